The van der Waals surface area contributed by atoms with Crippen LogP contribution in [0.5, 0.6) is 0 Å². The van der Waals surface area contributed by atoms with Crippen molar-refractivity contribution in [3.8, 4) is 0 Å². The third-order valence-electron chi connectivity index (χ3n) is 4.49. The average molecular weight is 336 g/mol. The second-order valence-corrected chi connectivity index (χ2v) is 8.61. The van der Waals surface area contributed by atoms with Crippen molar-refractivity contribution in [1.82, 2.24) is 0 Å². The van der Waals surface area contributed by atoms with E-state index in [4.69, 9.17) is 18.9 Å². The molecule has 2 saturated heterocycles. The highest BCUT2D eigenvalue weighted by Gasteiger charge is 2.47. The molecule has 2 atom stereocenters. The Kier molecular flexibility index (Phi) is 5.73. The Morgan fingerprint density at radius 3 is 1.29 bits per heavy atom. The van der Waals surface area contributed by atoms with Gasteiger partial charge >= 0.3 is 0 Å². The van der Waals surface area contributed by atoms with Crippen LogP contribution in [0.1, 0.15) is 27.7 Å². The van der Waals surface area contributed by atoms with E-state index in [2.05, 4.69) is 46.2 Å². The van der Waals surface area contributed by atoms with E-state index >= 15 is 0 Å². The van der Waals surface area contributed by atoms with Crippen molar-refractivity contribution in [2.75, 3.05) is 38.8 Å². The third kappa shape index (κ3) is 3.97. The van der Waals surface area contributed by atoms with Gasteiger partial charge < -0.3 is 18.9 Å². The van der Waals surface area contributed by atoms with Crippen LogP contribution in [0, 0.1) is 16.2 Å². The normalized spacial score (nSPS) is 35.1. The molecule has 2 fully saturated rings. The van der Waals surface area contributed by atoms with Crippen molar-refractivity contribution in [1.29, 1.82) is 0 Å². The fourth-order valence-electron chi connectivity index (χ4n) is 2.45. The van der Waals surface area contributed by atoms with Gasteiger partial charge in [-0.3, -0.25) is 0 Å². The number of hydrogen-bond acceptors (Lipinski definition) is 4. The molecule has 21 heavy (non-hydrogen) atoms. The van der Waals surface area contributed by atoms with Crippen LogP contribution in [-0.4, -0.2) is 51.3 Å². The molecule has 2 heterocycles. The van der Waals surface area contributed by atoms with Crippen LogP contribution in [0.3, 0.4) is 0 Å². The van der Waals surface area contributed by atoms with Crippen LogP contribution >= 0.6 is 18.5 Å². The molecule has 0 aromatic carbocycles. The molecule has 4 nitrogen and oxygen atoms in total. The lowest BCUT2D eigenvalue weighted by Gasteiger charge is -2.48. The van der Waals surface area contributed by atoms with E-state index < -0.39 is 0 Å². The Balaban J connectivity index is 1.89. The van der Waals surface area contributed by atoms with Crippen LogP contribution in [0.4, 0.5) is 0 Å². The summed E-state index contributed by atoms with van der Waals surface area (Å²) in [6, 6.07) is 0. The molecule has 0 radical (unpaired) electrons. The quantitative estimate of drug-likeness (QED) is 0.740. The summed E-state index contributed by atoms with van der Waals surface area (Å²) in [5.74, 6) is 0. The van der Waals surface area contributed by atoms with Crippen LogP contribution in [0.25, 0.3) is 0 Å². The van der Waals surface area contributed by atoms with E-state index in [1.165, 1.54) is 0 Å². The van der Waals surface area contributed by atoms with E-state index in [9.17, 15) is 0 Å². The Bertz CT molecular complexity index is 306. The van der Waals surface area contributed by atoms with Gasteiger partial charge in [0.2, 0.25) is 0 Å². The average Bonchev–Trinajstić information content (AvgIpc) is 2.48. The maximum atomic E-state index is 5.97. The van der Waals surface area contributed by atoms with Crippen molar-refractivity contribution >= 4 is 18.5 Å². The molecule has 1 spiro atoms. The highest BCUT2D eigenvalue weighted by molar-refractivity contribution is 7.16. The molecule has 2 rings (SSSR count). The van der Waals surface area contributed by atoms with Crippen molar-refractivity contribution in [2.45, 2.75) is 40.3 Å². The molecule has 2 aliphatic rings. The van der Waals surface area contributed by atoms with Gasteiger partial charge in [0.15, 0.2) is 12.6 Å². The molecule has 0 saturated carbocycles. The molecule has 0 aromatic heterocycles. The molecule has 0 aromatic rings. The topological polar surface area (TPSA) is 36.9 Å². The highest BCUT2D eigenvalue weighted by atomic mass is 31.0. The van der Waals surface area contributed by atoms with Gasteiger partial charge in [-0.2, -0.15) is 0 Å². The summed E-state index contributed by atoms with van der Waals surface area (Å²) in [4.78, 5) is 0. The van der Waals surface area contributed by atoms with Crippen molar-refractivity contribution in [3.05, 3.63) is 0 Å². The lowest BCUT2D eigenvalue weighted by atomic mass is 9.87. The monoisotopic (exact) mass is 336 g/mol. The van der Waals surface area contributed by atoms with Gasteiger partial charge in [0.05, 0.1) is 31.8 Å². The van der Waals surface area contributed by atoms with Crippen molar-refractivity contribution in [2.24, 2.45) is 16.2 Å². The standard InChI is InChI=1S/C15H30O4P2/c1-13(2,9-20)11-16-5-15(6-17-11)7-18-12(19-8-15)14(3,4)10-21/h11-12H,5-10,20-21H2,1-4H3. The first-order valence-electron chi connectivity index (χ1n) is 7.61. The SMILES string of the molecule is CC(C)(CP)C1OCC2(CO1)COC(C(C)(C)CP)OC2. The Morgan fingerprint density at radius 1 is 0.762 bits per heavy atom. The largest absolute Gasteiger partial charge is 0.351 e. The zero-order valence-electron chi connectivity index (χ0n) is 13.7. The molecule has 124 valence electrons. The van der Waals surface area contributed by atoms with E-state index in [1.807, 2.05) is 0 Å². The predicted molar refractivity (Wildman–Crippen MR) is 90.5 cm³/mol. The maximum absolute atomic E-state index is 5.97. The first kappa shape index (κ1) is 18.0. The summed E-state index contributed by atoms with van der Waals surface area (Å²) < 4.78 is 23.9. The summed E-state index contributed by atoms with van der Waals surface area (Å²) in [7, 11) is 5.54. The van der Waals surface area contributed by atoms with Gasteiger partial charge in [-0.1, -0.05) is 27.7 Å². The summed E-state index contributed by atoms with van der Waals surface area (Å²) in [6.45, 7) is 11.2. The lowest BCUT2D eigenvalue weighted by Crippen LogP contribution is -2.56. The summed E-state index contributed by atoms with van der Waals surface area (Å²) in [5.41, 5.74) is -0.139. The van der Waals surface area contributed by atoms with Gasteiger partial charge in [-0.15, -0.1) is 18.5 Å². The summed E-state index contributed by atoms with van der Waals surface area (Å²) in [5, 5.41) is 0. The first-order valence-corrected chi connectivity index (χ1v) is 9.25. The van der Waals surface area contributed by atoms with Gasteiger partial charge in [0, 0.05) is 10.8 Å². The maximum Gasteiger partial charge on any atom is 0.162 e. The molecule has 6 heteroatoms. The minimum absolute atomic E-state index is 0.00657. The van der Waals surface area contributed by atoms with Crippen LogP contribution < -0.4 is 0 Å². The van der Waals surface area contributed by atoms with E-state index in [-0.39, 0.29) is 28.8 Å². The fourth-order valence-corrected chi connectivity index (χ4v) is 2.84. The Labute approximate surface area is 133 Å². The highest BCUT2D eigenvalue weighted by Crippen LogP contribution is 2.39. The third-order valence-corrected chi connectivity index (χ3v) is 6.60. The zero-order chi connectivity index (χ0) is 15.7. The minimum Gasteiger partial charge on any atom is -0.351 e. The van der Waals surface area contributed by atoms with Gasteiger partial charge in [0.1, 0.15) is 0 Å². The lowest BCUT2D eigenvalue weighted by molar-refractivity contribution is -0.330. The number of rotatable bonds is 4. The molecule has 0 amide bonds. The molecule has 0 N–H and O–H groups in total. The Hall–Kier alpha value is 0.700. The van der Waals surface area contributed by atoms with Gasteiger partial charge in [-0.25, -0.2) is 0 Å². The molecule has 0 bridgehead atoms. The summed E-state index contributed by atoms with van der Waals surface area (Å²) >= 11 is 0. The minimum atomic E-state index is -0.152. The molecular weight excluding hydrogens is 306 g/mol. The van der Waals surface area contributed by atoms with Crippen molar-refractivity contribution < 1.29 is 18.9 Å². The molecule has 2 aliphatic heterocycles. The molecule has 0 aliphatic carbocycles. The molecular formula is C15H30O4P2. The van der Waals surface area contributed by atoms with E-state index in [1.54, 1.807) is 0 Å². The molecule has 2 unspecified atom stereocenters. The zero-order valence-corrected chi connectivity index (χ0v) is 16.0. The number of hydrogen-bond donors (Lipinski definition) is 0. The van der Waals surface area contributed by atoms with Crippen LogP contribution in [-0.2, 0) is 18.9 Å². The van der Waals surface area contributed by atoms with E-state index in [0.29, 0.717) is 26.4 Å². The van der Waals surface area contributed by atoms with Gasteiger partial charge in [0.25, 0.3) is 0 Å². The van der Waals surface area contributed by atoms with Crippen LogP contribution in [0.2, 0.25) is 0 Å². The second kappa shape index (κ2) is 6.67. The summed E-state index contributed by atoms with van der Waals surface area (Å²) in [6.07, 6.45) is 1.59. The van der Waals surface area contributed by atoms with E-state index in [0.717, 1.165) is 12.3 Å². The first-order chi connectivity index (χ1) is 9.75. The van der Waals surface area contributed by atoms with Gasteiger partial charge in [-0.05, 0) is 12.3 Å². The number of ether oxygens (including phenoxy) is 4. The smallest absolute Gasteiger partial charge is 0.162 e. The Morgan fingerprint density at radius 2 is 1.05 bits per heavy atom. The van der Waals surface area contributed by atoms with Crippen LogP contribution in [0.15, 0.2) is 0 Å². The second-order valence-electron chi connectivity index (χ2n) is 7.79. The van der Waals surface area contributed by atoms with Crippen molar-refractivity contribution in [3.63, 3.8) is 0 Å². The predicted octanol–water partition coefficient (Wildman–Crippen LogP) is 2.52. The fraction of sp³-hybridized carbons (Fsp3) is 1.00.